The van der Waals surface area contributed by atoms with Gasteiger partial charge < -0.3 is 4.74 Å². The summed E-state index contributed by atoms with van der Waals surface area (Å²) in [6.45, 7) is 3.50. The Morgan fingerprint density at radius 3 is 2.71 bits per heavy atom. The molecule has 1 aromatic heterocycles. The van der Waals surface area contributed by atoms with Gasteiger partial charge in [-0.15, -0.1) is 0 Å². The van der Waals surface area contributed by atoms with Crippen molar-refractivity contribution in [2.75, 3.05) is 0 Å². The van der Waals surface area contributed by atoms with Gasteiger partial charge in [0.2, 0.25) is 0 Å². The molecule has 0 radical (unpaired) electrons. The molecule has 0 unspecified atom stereocenters. The topological polar surface area (TPSA) is 22.1 Å². The van der Waals surface area contributed by atoms with E-state index in [0.717, 1.165) is 10.8 Å². The Bertz CT molecular complexity index is 482. The molecule has 0 aliphatic carbocycles. The van der Waals surface area contributed by atoms with Crippen molar-refractivity contribution in [1.29, 1.82) is 0 Å². The molecule has 2 rings (SSSR count). The van der Waals surface area contributed by atoms with Crippen LogP contribution in [0.4, 0.5) is 0 Å². The summed E-state index contributed by atoms with van der Waals surface area (Å²) in [7, 11) is 0. The normalized spacial score (nSPS) is 10.1. The molecule has 0 fully saturated rings. The van der Waals surface area contributed by atoms with E-state index in [1.165, 1.54) is 6.26 Å². The number of benzene rings is 1. The van der Waals surface area contributed by atoms with Crippen molar-refractivity contribution in [2.24, 2.45) is 0 Å². The van der Waals surface area contributed by atoms with Gasteiger partial charge in [-0.1, -0.05) is 42.4 Å². The fourth-order valence-corrected chi connectivity index (χ4v) is 1.53. The lowest BCUT2D eigenvalue weighted by atomic mass is 10.2. The first-order valence-electron chi connectivity index (χ1n) is 4.13. The van der Waals surface area contributed by atoms with Gasteiger partial charge in [0.25, 0.3) is 0 Å². The number of nitrogens with zero attached hydrogens (tertiary/aromatic N) is 1. The summed E-state index contributed by atoms with van der Waals surface area (Å²) in [6, 6.07) is 7.67. The molecule has 2 aromatic rings. The van der Waals surface area contributed by atoms with E-state index in [9.17, 15) is 0 Å². The average molecular weight is 206 g/mol. The minimum atomic E-state index is 0.483. The highest BCUT2D eigenvalue weighted by molar-refractivity contribution is 6.34. The molecule has 0 bridgehead atoms. The van der Waals surface area contributed by atoms with Gasteiger partial charge in [-0.25, -0.2) is 4.98 Å². The molecular weight excluding hydrogens is 198 g/mol. The second kappa shape index (κ2) is 3.68. The van der Waals surface area contributed by atoms with E-state index in [2.05, 4.69) is 11.6 Å². The van der Waals surface area contributed by atoms with Crippen LogP contribution in [-0.4, -0.2) is 4.98 Å². The highest BCUT2D eigenvalue weighted by Crippen LogP contribution is 2.28. The van der Waals surface area contributed by atoms with Crippen molar-refractivity contribution in [1.82, 2.24) is 4.98 Å². The Hall–Kier alpha value is -1.54. The molecule has 1 aromatic carbocycles. The van der Waals surface area contributed by atoms with Crippen molar-refractivity contribution in [3.63, 3.8) is 0 Å². The summed E-state index contributed by atoms with van der Waals surface area (Å²) >= 11 is 5.94. The summed E-state index contributed by atoms with van der Waals surface area (Å²) in [4.78, 5) is 4.02. The zero-order chi connectivity index (χ0) is 9.97. The molecule has 0 N–H and O–H groups in total. The smallest absolute Gasteiger partial charge is 0.152 e. The van der Waals surface area contributed by atoms with E-state index >= 15 is 0 Å². The number of halogens is 1. The monoisotopic (exact) mass is 205 g/mol. The Morgan fingerprint density at radius 1 is 1.29 bits per heavy atom. The SMILES string of the molecule is C=COc1cnc(Cl)c2ccccc12. The highest BCUT2D eigenvalue weighted by atomic mass is 35.5. The van der Waals surface area contributed by atoms with E-state index < -0.39 is 0 Å². The van der Waals surface area contributed by atoms with Crippen LogP contribution < -0.4 is 4.74 Å². The minimum absolute atomic E-state index is 0.483. The fraction of sp³-hybridized carbons (Fsp3) is 0. The number of hydrogen-bond acceptors (Lipinski definition) is 2. The van der Waals surface area contributed by atoms with Crippen molar-refractivity contribution < 1.29 is 4.74 Å². The van der Waals surface area contributed by atoms with Gasteiger partial charge >= 0.3 is 0 Å². The first-order chi connectivity index (χ1) is 6.83. The standard InChI is InChI=1S/C11H8ClNO/c1-2-14-10-7-13-11(12)9-6-4-3-5-8(9)10/h2-7H,1H2. The number of aromatic nitrogens is 1. The van der Waals surface area contributed by atoms with Crippen LogP contribution in [0.5, 0.6) is 5.75 Å². The van der Waals surface area contributed by atoms with Gasteiger partial charge in [-0.05, 0) is 0 Å². The second-order valence-electron chi connectivity index (χ2n) is 2.74. The van der Waals surface area contributed by atoms with Gasteiger partial charge in [0.1, 0.15) is 5.15 Å². The molecule has 0 aliphatic heterocycles. The van der Waals surface area contributed by atoms with Crippen molar-refractivity contribution >= 4 is 22.4 Å². The predicted octanol–water partition coefficient (Wildman–Crippen LogP) is 3.41. The lowest BCUT2D eigenvalue weighted by Gasteiger charge is -2.05. The summed E-state index contributed by atoms with van der Waals surface area (Å²) in [5.74, 6) is 0.667. The molecule has 0 saturated carbocycles. The quantitative estimate of drug-likeness (QED) is 0.554. The van der Waals surface area contributed by atoms with E-state index in [0.29, 0.717) is 10.9 Å². The zero-order valence-electron chi connectivity index (χ0n) is 7.40. The molecule has 2 nitrogen and oxygen atoms in total. The fourth-order valence-electron chi connectivity index (χ4n) is 1.32. The molecule has 0 spiro atoms. The van der Waals surface area contributed by atoms with E-state index in [1.807, 2.05) is 24.3 Å². The lowest BCUT2D eigenvalue weighted by Crippen LogP contribution is -1.86. The molecule has 3 heteroatoms. The molecular formula is C11H8ClNO. The first kappa shape index (κ1) is 9.03. The van der Waals surface area contributed by atoms with Crippen molar-refractivity contribution in [2.45, 2.75) is 0 Å². The molecule has 0 amide bonds. The lowest BCUT2D eigenvalue weighted by molar-refractivity contribution is 0.487. The molecule has 14 heavy (non-hydrogen) atoms. The second-order valence-corrected chi connectivity index (χ2v) is 3.10. The van der Waals surface area contributed by atoms with Crippen LogP contribution in [-0.2, 0) is 0 Å². The van der Waals surface area contributed by atoms with Crippen LogP contribution in [0.2, 0.25) is 5.15 Å². The number of hydrogen-bond donors (Lipinski definition) is 0. The maximum atomic E-state index is 5.94. The summed E-state index contributed by atoms with van der Waals surface area (Å²) in [5.41, 5.74) is 0. The largest absolute Gasteiger partial charge is 0.463 e. The summed E-state index contributed by atoms with van der Waals surface area (Å²) in [6.07, 6.45) is 2.96. The van der Waals surface area contributed by atoms with Crippen LogP contribution in [0.25, 0.3) is 10.8 Å². The number of pyridine rings is 1. The van der Waals surface area contributed by atoms with Gasteiger partial charge in [-0.3, -0.25) is 0 Å². The Kier molecular flexibility index (Phi) is 2.37. The number of rotatable bonds is 2. The summed E-state index contributed by atoms with van der Waals surface area (Å²) in [5, 5.41) is 2.30. The molecule has 70 valence electrons. The van der Waals surface area contributed by atoms with Gasteiger partial charge in [0.05, 0.1) is 12.5 Å². The average Bonchev–Trinajstić information content (AvgIpc) is 2.23. The Labute approximate surface area is 86.8 Å². The Morgan fingerprint density at radius 2 is 2.00 bits per heavy atom. The first-order valence-corrected chi connectivity index (χ1v) is 4.51. The third kappa shape index (κ3) is 1.44. The van der Waals surface area contributed by atoms with Gasteiger partial charge in [0, 0.05) is 10.8 Å². The number of ether oxygens (including phenoxy) is 1. The third-order valence-electron chi connectivity index (χ3n) is 1.92. The van der Waals surface area contributed by atoms with Crippen molar-refractivity contribution in [3.8, 4) is 5.75 Å². The molecule has 0 aliphatic rings. The third-order valence-corrected chi connectivity index (χ3v) is 2.22. The molecule has 0 saturated heterocycles. The van der Waals surface area contributed by atoms with Crippen LogP contribution in [0.15, 0.2) is 43.3 Å². The maximum absolute atomic E-state index is 5.94. The minimum Gasteiger partial charge on any atom is -0.463 e. The van der Waals surface area contributed by atoms with Crippen LogP contribution >= 0.6 is 11.6 Å². The van der Waals surface area contributed by atoms with E-state index in [1.54, 1.807) is 6.20 Å². The molecule has 0 atom stereocenters. The van der Waals surface area contributed by atoms with Crippen LogP contribution in [0, 0.1) is 0 Å². The van der Waals surface area contributed by atoms with Crippen LogP contribution in [0.3, 0.4) is 0 Å². The van der Waals surface area contributed by atoms with E-state index in [-0.39, 0.29) is 0 Å². The van der Waals surface area contributed by atoms with Gasteiger partial charge in [-0.2, -0.15) is 0 Å². The van der Waals surface area contributed by atoms with E-state index in [4.69, 9.17) is 16.3 Å². The van der Waals surface area contributed by atoms with Crippen LogP contribution in [0.1, 0.15) is 0 Å². The maximum Gasteiger partial charge on any atom is 0.152 e. The molecule has 1 heterocycles. The van der Waals surface area contributed by atoms with Crippen molar-refractivity contribution in [3.05, 3.63) is 48.5 Å². The Balaban J connectivity index is 2.74. The highest BCUT2D eigenvalue weighted by Gasteiger charge is 2.04. The van der Waals surface area contributed by atoms with Gasteiger partial charge in [0.15, 0.2) is 5.75 Å². The predicted molar refractivity (Wildman–Crippen MR) is 57.6 cm³/mol. The number of fused-ring (bicyclic) bond motifs is 1. The summed E-state index contributed by atoms with van der Waals surface area (Å²) < 4.78 is 5.22. The zero-order valence-corrected chi connectivity index (χ0v) is 8.16.